The number of aliphatic hydroxyl groups excluding tert-OH is 1. The number of aliphatic hydroxyl groups is 1. The SMILES string of the molecule is COc1cc(N=Nc2ccc(S(=O)(=O)CCO)cc2)cc(OC)c1O.[K]. The largest absolute Gasteiger partial charge is 0.502 e. The average Bonchev–Trinajstić information content (AvgIpc) is 2.61. The molecule has 0 spiro atoms. The summed E-state index contributed by atoms with van der Waals surface area (Å²) >= 11 is 0. The van der Waals surface area contributed by atoms with Crippen LogP contribution in [0.1, 0.15) is 0 Å². The maximum Gasteiger partial charge on any atom is 0.200 e. The molecule has 0 bridgehead atoms. The van der Waals surface area contributed by atoms with Gasteiger partial charge in [0, 0.05) is 63.5 Å². The normalized spacial score (nSPS) is 11.2. The van der Waals surface area contributed by atoms with Crippen LogP contribution < -0.4 is 9.47 Å². The minimum Gasteiger partial charge on any atom is -0.502 e. The van der Waals surface area contributed by atoms with Gasteiger partial charge in [-0.1, -0.05) is 0 Å². The predicted molar refractivity (Wildman–Crippen MR) is 96.7 cm³/mol. The van der Waals surface area contributed by atoms with Crippen LogP contribution in [0.2, 0.25) is 0 Å². The minimum atomic E-state index is -3.50. The second kappa shape index (κ2) is 10.4. The van der Waals surface area contributed by atoms with E-state index in [2.05, 4.69) is 10.2 Å². The van der Waals surface area contributed by atoms with Gasteiger partial charge in [0.25, 0.3) is 0 Å². The fourth-order valence-electron chi connectivity index (χ4n) is 2.01. The number of rotatable bonds is 7. The molecule has 0 saturated carbocycles. The van der Waals surface area contributed by atoms with E-state index in [4.69, 9.17) is 14.6 Å². The van der Waals surface area contributed by atoms with E-state index >= 15 is 0 Å². The van der Waals surface area contributed by atoms with Crippen LogP contribution in [-0.4, -0.2) is 96.6 Å². The number of methoxy groups -OCH3 is 2. The van der Waals surface area contributed by atoms with Gasteiger partial charge in [0.1, 0.15) is 0 Å². The molecule has 0 atom stereocenters. The zero-order valence-electron chi connectivity index (χ0n) is 14.7. The molecular weight excluding hydrogens is 387 g/mol. The fourth-order valence-corrected chi connectivity index (χ4v) is 3.04. The van der Waals surface area contributed by atoms with Crippen molar-refractivity contribution in [1.29, 1.82) is 0 Å². The zero-order chi connectivity index (χ0) is 18.4. The van der Waals surface area contributed by atoms with Gasteiger partial charge in [-0.3, -0.25) is 0 Å². The Kier molecular flexibility index (Phi) is 9.17. The second-order valence-corrected chi connectivity index (χ2v) is 7.04. The van der Waals surface area contributed by atoms with Crippen LogP contribution in [0.5, 0.6) is 17.2 Å². The molecule has 2 aromatic carbocycles. The molecule has 2 N–H and O–H groups in total. The summed E-state index contributed by atoms with van der Waals surface area (Å²) in [5.41, 5.74) is 0.831. The van der Waals surface area contributed by atoms with Gasteiger partial charge in [0.05, 0.1) is 42.8 Å². The van der Waals surface area contributed by atoms with Gasteiger partial charge >= 0.3 is 0 Å². The number of nitrogens with zero attached hydrogens (tertiary/aromatic N) is 2. The number of hydrogen-bond acceptors (Lipinski definition) is 8. The zero-order valence-corrected chi connectivity index (χ0v) is 18.6. The number of phenols is 1. The van der Waals surface area contributed by atoms with Crippen molar-refractivity contribution < 1.29 is 28.1 Å². The molecular formula is C16H18KN2O6S. The molecule has 0 aliphatic heterocycles. The molecule has 0 heterocycles. The number of hydrogen-bond donors (Lipinski definition) is 2. The van der Waals surface area contributed by atoms with Crippen LogP contribution in [0.15, 0.2) is 51.5 Å². The Balaban J connectivity index is 0.00000338. The Morgan fingerprint density at radius 1 is 0.962 bits per heavy atom. The summed E-state index contributed by atoms with van der Waals surface area (Å²) in [4.78, 5) is 0.105. The molecule has 0 unspecified atom stereocenters. The Morgan fingerprint density at radius 3 is 1.92 bits per heavy atom. The first kappa shape index (κ1) is 23.0. The molecule has 26 heavy (non-hydrogen) atoms. The van der Waals surface area contributed by atoms with E-state index in [0.717, 1.165) is 0 Å². The summed E-state index contributed by atoms with van der Waals surface area (Å²) in [5, 5.41) is 26.7. The Labute approximate surface area is 194 Å². The second-order valence-electron chi connectivity index (χ2n) is 4.94. The Hall–Kier alpha value is -1.01. The van der Waals surface area contributed by atoms with E-state index in [1.165, 1.54) is 50.6 Å². The summed E-state index contributed by atoms with van der Waals surface area (Å²) in [7, 11) is -0.693. The average molecular weight is 405 g/mol. The van der Waals surface area contributed by atoms with E-state index in [-0.39, 0.29) is 79.3 Å². The molecule has 0 amide bonds. The number of azo groups is 1. The van der Waals surface area contributed by atoms with E-state index in [1.54, 1.807) is 0 Å². The predicted octanol–water partition coefficient (Wildman–Crippen LogP) is 2.21. The summed E-state index contributed by atoms with van der Waals surface area (Å²) in [6, 6.07) is 8.78. The molecule has 1 radical (unpaired) electrons. The Morgan fingerprint density at radius 2 is 1.46 bits per heavy atom. The topological polar surface area (TPSA) is 118 Å². The Bertz CT molecular complexity index is 844. The van der Waals surface area contributed by atoms with Gasteiger partial charge < -0.3 is 19.7 Å². The van der Waals surface area contributed by atoms with Crippen LogP contribution in [-0.2, 0) is 9.84 Å². The van der Waals surface area contributed by atoms with Crippen LogP contribution in [0.3, 0.4) is 0 Å². The molecule has 135 valence electrons. The molecule has 10 heteroatoms. The first-order valence-electron chi connectivity index (χ1n) is 7.21. The first-order chi connectivity index (χ1) is 11.9. The van der Waals surface area contributed by atoms with Crippen LogP contribution in [0.25, 0.3) is 0 Å². The van der Waals surface area contributed by atoms with E-state index < -0.39 is 16.4 Å². The number of aromatic hydroxyl groups is 1. The third kappa shape index (κ3) is 5.74. The van der Waals surface area contributed by atoms with Crippen LogP contribution in [0.4, 0.5) is 11.4 Å². The monoisotopic (exact) mass is 405 g/mol. The summed E-state index contributed by atoms with van der Waals surface area (Å²) in [6.07, 6.45) is 0. The van der Waals surface area contributed by atoms with E-state index in [0.29, 0.717) is 11.4 Å². The number of phenolic OH excluding ortho intramolecular Hbond substituents is 1. The minimum absolute atomic E-state index is 0. The van der Waals surface area contributed by atoms with Crippen LogP contribution >= 0.6 is 0 Å². The van der Waals surface area contributed by atoms with Crippen molar-refractivity contribution in [3.63, 3.8) is 0 Å². The number of ether oxygens (including phenoxy) is 2. The molecule has 0 aliphatic carbocycles. The molecule has 0 aromatic heterocycles. The van der Waals surface area contributed by atoms with Gasteiger partial charge in [-0.2, -0.15) is 10.2 Å². The molecule has 0 saturated heterocycles. The third-order valence-corrected chi connectivity index (χ3v) is 5.01. The van der Waals surface area contributed by atoms with Gasteiger partial charge in [0.15, 0.2) is 21.3 Å². The first-order valence-corrected chi connectivity index (χ1v) is 8.87. The summed E-state index contributed by atoms with van der Waals surface area (Å²) in [6.45, 7) is -0.436. The summed E-state index contributed by atoms with van der Waals surface area (Å²) < 4.78 is 33.7. The summed E-state index contributed by atoms with van der Waals surface area (Å²) in [5.74, 6) is -0.0825. The smallest absolute Gasteiger partial charge is 0.200 e. The van der Waals surface area contributed by atoms with Gasteiger partial charge in [-0.05, 0) is 24.3 Å². The maximum absolute atomic E-state index is 11.8. The van der Waals surface area contributed by atoms with Crippen molar-refractivity contribution in [1.82, 2.24) is 0 Å². The maximum atomic E-state index is 11.8. The fraction of sp³-hybridized carbons (Fsp3) is 0.250. The van der Waals surface area contributed by atoms with E-state index in [9.17, 15) is 13.5 Å². The standard InChI is InChI=1S/C16H18N2O6S.K/c1-23-14-9-12(10-15(24-2)16(14)20)18-17-11-3-5-13(6-4-11)25(21,22)8-7-19;/h3-6,9-10,19-20H,7-8H2,1-2H3;. The van der Waals surface area contributed by atoms with E-state index in [1.807, 2.05) is 0 Å². The molecule has 0 aliphatic rings. The van der Waals surface area contributed by atoms with Crippen molar-refractivity contribution in [2.75, 3.05) is 26.6 Å². The van der Waals surface area contributed by atoms with Gasteiger partial charge in [0.2, 0.25) is 5.75 Å². The van der Waals surface area contributed by atoms with Crippen molar-refractivity contribution in [3.8, 4) is 17.2 Å². The molecule has 0 fully saturated rings. The molecule has 8 nitrogen and oxygen atoms in total. The number of sulfone groups is 1. The third-order valence-electron chi connectivity index (χ3n) is 3.30. The van der Waals surface area contributed by atoms with Crippen LogP contribution in [0, 0.1) is 0 Å². The van der Waals surface area contributed by atoms with Crippen molar-refractivity contribution >= 4 is 72.6 Å². The number of benzene rings is 2. The van der Waals surface area contributed by atoms with Crippen molar-refractivity contribution in [2.24, 2.45) is 10.2 Å². The molecule has 2 rings (SSSR count). The van der Waals surface area contributed by atoms with Gasteiger partial charge in [-0.25, -0.2) is 8.42 Å². The molecule has 2 aromatic rings. The van der Waals surface area contributed by atoms with Crippen molar-refractivity contribution in [2.45, 2.75) is 4.90 Å². The van der Waals surface area contributed by atoms with Crippen molar-refractivity contribution in [3.05, 3.63) is 36.4 Å². The quantitative estimate of drug-likeness (QED) is 0.539. The van der Waals surface area contributed by atoms with Gasteiger partial charge in [-0.15, -0.1) is 0 Å².